The van der Waals surface area contributed by atoms with E-state index in [0.717, 1.165) is 37.4 Å². The molecule has 0 unspecified atom stereocenters. The van der Waals surface area contributed by atoms with E-state index >= 15 is 0 Å². The highest BCUT2D eigenvalue weighted by Gasteiger charge is 2.02. The molecule has 3 N–H and O–H groups in total. The molecule has 0 bridgehead atoms. The van der Waals surface area contributed by atoms with Crippen molar-refractivity contribution in [2.45, 2.75) is 26.7 Å². The summed E-state index contributed by atoms with van der Waals surface area (Å²) in [5.41, 5.74) is 6.78. The Morgan fingerprint density at radius 1 is 1.38 bits per heavy atom. The number of nitrogens with one attached hydrogen (secondary N) is 1. The van der Waals surface area contributed by atoms with Gasteiger partial charge in [0, 0.05) is 13.2 Å². The summed E-state index contributed by atoms with van der Waals surface area (Å²) in [4.78, 5) is 0. The average Bonchev–Trinajstić information content (AvgIpc) is 2.29. The van der Waals surface area contributed by atoms with Gasteiger partial charge in [0.2, 0.25) is 0 Å². The van der Waals surface area contributed by atoms with Gasteiger partial charge in [0.05, 0.1) is 6.61 Å². The number of nitrogen functional groups attached to an aromatic ring is 1. The van der Waals surface area contributed by atoms with Crippen molar-refractivity contribution >= 4 is 11.6 Å². The minimum absolute atomic E-state index is 0.525. The van der Waals surface area contributed by atoms with E-state index in [4.69, 9.17) is 10.5 Å². The molecule has 0 saturated carbocycles. The number of aromatic nitrogens is 2. The zero-order valence-electron chi connectivity index (χ0n) is 9.99. The second-order valence-corrected chi connectivity index (χ2v) is 3.51. The molecule has 0 fully saturated rings. The molecular weight excluding hydrogens is 204 g/mol. The molecule has 90 valence electrons. The quantitative estimate of drug-likeness (QED) is 0.686. The summed E-state index contributed by atoms with van der Waals surface area (Å²) in [7, 11) is 0. The van der Waals surface area contributed by atoms with Gasteiger partial charge in [0.1, 0.15) is 11.6 Å². The first-order valence-corrected chi connectivity index (χ1v) is 5.71. The fraction of sp³-hybridized carbons (Fsp3) is 0.636. The number of ether oxygens (including phenoxy) is 1. The van der Waals surface area contributed by atoms with Crippen LogP contribution < -0.4 is 11.1 Å². The number of hydrogen-bond acceptors (Lipinski definition) is 5. The zero-order valence-corrected chi connectivity index (χ0v) is 9.99. The molecular formula is C11H20N4O. The Kier molecular flexibility index (Phi) is 5.56. The predicted molar refractivity (Wildman–Crippen MR) is 65.4 cm³/mol. The number of aryl methyl sites for hydroxylation is 1. The lowest BCUT2D eigenvalue weighted by Crippen LogP contribution is -2.12. The minimum atomic E-state index is 0.525. The van der Waals surface area contributed by atoms with Gasteiger partial charge >= 0.3 is 0 Å². The van der Waals surface area contributed by atoms with Gasteiger partial charge in [-0.2, -0.15) is 0 Å². The van der Waals surface area contributed by atoms with E-state index in [1.54, 1.807) is 0 Å². The van der Waals surface area contributed by atoms with Crippen LogP contribution in [0.5, 0.6) is 0 Å². The molecule has 0 aliphatic carbocycles. The number of anilines is 2. The van der Waals surface area contributed by atoms with Crippen LogP contribution in [-0.4, -0.2) is 30.0 Å². The monoisotopic (exact) mass is 224 g/mol. The molecule has 1 rings (SSSR count). The zero-order chi connectivity index (χ0) is 11.8. The first kappa shape index (κ1) is 12.7. The highest BCUT2D eigenvalue weighted by Crippen LogP contribution is 2.13. The molecule has 0 amide bonds. The first-order valence-electron chi connectivity index (χ1n) is 5.71. The van der Waals surface area contributed by atoms with Crippen molar-refractivity contribution in [3.05, 3.63) is 11.6 Å². The summed E-state index contributed by atoms with van der Waals surface area (Å²) in [6, 6.07) is 1.96. The lowest BCUT2D eigenvalue weighted by Gasteiger charge is -2.08. The topological polar surface area (TPSA) is 73.1 Å². The SMILES string of the molecule is CCCc1cc(NCCOCC)nnc1N. The summed E-state index contributed by atoms with van der Waals surface area (Å²) in [5, 5.41) is 11.0. The molecule has 5 heteroatoms. The maximum absolute atomic E-state index is 5.73. The van der Waals surface area contributed by atoms with Crippen molar-refractivity contribution < 1.29 is 4.74 Å². The molecule has 0 saturated heterocycles. The standard InChI is InChI=1S/C11H20N4O/c1-3-5-9-8-10(14-15-11(9)12)13-6-7-16-4-2/h8H,3-7H2,1-2H3,(H2,12,15)(H,13,14). The molecule has 0 aromatic carbocycles. The van der Waals surface area contributed by atoms with Crippen LogP contribution in [0, 0.1) is 0 Å². The summed E-state index contributed by atoms with van der Waals surface area (Å²) >= 11 is 0. The maximum atomic E-state index is 5.73. The Morgan fingerprint density at radius 3 is 2.88 bits per heavy atom. The predicted octanol–water partition coefficient (Wildman–Crippen LogP) is 1.46. The molecule has 1 aromatic heterocycles. The molecule has 5 nitrogen and oxygen atoms in total. The van der Waals surface area contributed by atoms with E-state index in [1.165, 1.54) is 0 Å². The fourth-order valence-electron chi connectivity index (χ4n) is 1.39. The molecule has 0 atom stereocenters. The second-order valence-electron chi connectivity index (χ2n) is 3.51. The number of nitrogens with zero attached hydrogens (tertiary/aromatic N) is 2. The molecule has 1 heterocycles. The lowest BCUT2D eigenvalue weighted by atomic mass is 10.1. The molecule has 1 aromatic rings. The van der Waals surface area contributed by atoms with Crippen molar-refractivity contribution in [3.63, 3.8) is 0 Å². The van der Waals surface area contributed by atoms with Crippen LogP contribution in [0.4, 0.5) is 11.6 Å². The Morgan fingerprint density at radius 2 is 2.19 bits per heavy atom. The van der Waals surface area contributed by atoms with Gasteiger partial charge in [-0.3, -0.25) is 0 Å². The first-order chi connectivity index (χ1) is 7.77. The number of hydrogen-bond donors (Lipinski definition) is 2. The normalized spacial score (nSPS) is 10.4. The Bertz CT molecular complexity index is 317. The summed E-state index contributed by atoms with van der Waals surface area (Å²) in [6.45, 7) is 6.23. The van der Waals surface area contributed by atoms with Gasteiger partial charge in [0.15, 0.2) is 0 Å². The van der Waals surface area contributed by atoms with Crippen molar-refractivity contribution in [2.75, 3.05) is 30.8 Å². The van der Waals surface area contributed by atoms with Gasteiger partial charge in [-0.1, -0.05) is 13.3 Å². The number of rotatable bonds is 7. The highest BCUT2D eigenvalue weighted by atomic mass is 16.5. The van der Waals surface area contributed by atoms with Gasteiger partial charge in [-0.05, 0) is 25.0 Å². The van der Waals surface area contributed by atoms with Crippen LogP contribution >= 0.6 is 0 Å². The molecule has 0 aliphatic heterocycles. The summed E-state index contributed by atoms with van der Waals surface area (Å²) in [5.74, 6) is 1.29. The van der Waals surface area contributed by atoms with E-state index < -0.39 is 0 Å². The van der Waals surface area contributed by atoms with Crippen LogP contribution in [0.3, 0.4) is 0 Å². The van der Waals surface area contributed by atoms with E-state index in [0.29, 0.717) is 12.4 Å². The molecule has 0 aliphatic rings. The lowest BCUT2D eigenvalue weighted by molar-refractivity contribution is 0.158. The van der Waals surface area contributed by atoms with Crippen molar-refractivity contribution in [2.24, 2.45) is 0 Å². The maximum Gasteiger partial charge on any atom is 0.149 e. The van der Waals surface area contributed by atoms with Gasteiger partial charge in [0.25, 0.3) is 0 Å². The minimum Gasteiger partial charge on any atom is -0.382 e. The largest absolute Gasteiger partial charge is 0.382 e. The van der Waals surface area contributed by atoms with Crippen LogP contribution in [-0.2, 0) is 11.2 Å². The van der Waals surface area contributed by atoms with E-state index in [9.17, 15) is 0 Å². The van der Waals surface area contributed by atoms with Crippen LogP contribution in [0.15, 0.2) is 6.07 Å². The van der Waals surface area contributed by atoms with E-state index in [2.05, 4.69) is 22.4 Å². The summed E-state index contributed by atoms with van der Waals surface area (Å²) in [6.07, 6.45) is 1.98. The van der Waals surface area contributed by atoms with E-state index in [-0.39, 0.29) is 0 Å². The highest BCUT2D eigenvalue weighted by molar-refractivity contribution is 5.46. The molecule has 0 radical (unpaired) electrons. The molecule has 16 heavy (non-hydrogen) atoms. The van der Waals surface area contributed by atoms with Crippen LogP contribution in [0.25, 0.3) is 0 Å². The molecule has 0 spiro atoms. The van der Waals surface area contributed by atoms with Crippen molar-refractivity contribution in [3.8, 4) is 0 Å². The van der Waals surface area contributed by atoms with Crippen molar-refractivity contribution in [1.82, 2.24) is 10.2 Å². The third-order valence-corrected chi connectivity index (χ3v) is 2.18. The third-order valence-electron chi connectivity index (χ3n) is 2.18. The Hall–Kier alpha value is -1.36. The van der Waals surface area contributed by atoms with Crippen LogP contribution in [0.2, 0.25) is 0 Å². The smallest absolute Gasteiger partial charge is 0.149 e. The Labute approximate surface area is 96.4 Å². The van der Waals surface area contributed by atoms with Gasteiger partial charge < -0.3 is 15.8 Å². The second kappa shape index (κ2) is 7.00. The van der Waals surface area contributed by atoms with Gasteiger partial charge in [-0.25, -0.2) is 0 Å². The summed E-state index contributed by atoms with van der Waals surface area (Å²) < 4.78 is 5.22. The van der Waals surface area contributed by atoms with Gasteiger partial charge in [-0.15, -0.1) is 10.2 Å². The fourth-order valence-corrected chi connectivity index (χ4v) is 1.39. The van der Waals surface area contributed by atoms with Crippen molar-refractivity contribution in [1.29, 1.82) is 0 Å². The van der Waals surface area contributed by atoms with Crippen LogP contribution in [0.1, 0.15) is 25.8 Å². The Balaban J connectivity index is 2.50. The average molecular weight is 224 g/mol. The van der Waals surface area contributed by atoms with E-state index in [1.807, 2.05) is 13.0 Å². The number of nitrogens with two attached hydrogens (primary N) is 1. The third kappa shape index (κ3) is 4.02.